The molecule has 14 heavy (non-hydrogen) atoms. The molecule has 6 heteroatoms. The van der Waals surface area contributed by atoms with Gasteiger partial charge in [-0.1, -0.05) is 0 Å². The molecular weight excluding hydrogens is 188 g/mol. The molecule has 1 fully saturated rings. The van der Waals surface area contributed by atoms with Crippen molar-refractivity contribution in [2.75, 3.05) is 13.1 Å². The lowest BCUT2D eigenvalue weighted by Crippen LogP contribution is -2.63. The van der Waals surface area contributed by atoms with Crippen molar-refractivity contribution < 1.29 is 19.8 Å². The van der Waals surface area contributed by atoms with Crippen molar-refractivity contribution in [1.29, 1.82) is 0 Å². The van der Waals surface area contributed by atoms with Crippen molar-refractivity contribution in [2.45, 2.75) is 26.3 Å². The summed E-state index contributed by atoms with van der Waals surface area (Å²) in [5, 5.41) is 17.9. The molecule has 84 valence electrons. The summed E-state index contributed by atoms with van der Waals surface area (Å²) in [6.07, 6.45) is 0. The highest BCUT2D eigenvalue weighted by Crippen LogP contribution is 2.01. The molecule has 5 N–H and O–H groups in total. The van der Waals surface area contributed by atoms with Crippen LogP contribution in [-0.2, 0) is 9.59 Å². The topological polar surface area (TPSA) is 113 Å². The highest BCUT2D eigenvalue weighted by atomic mass is 16.4. The molecule has 0 aromatic carbocycles. The van der Waals surface area contributed by atoms with E-state index in [2.05, 4.69) is 5.32 Å². The molecule has 0 aliphatic carbocycles. The smallest absolute Gasteiger partial charge is 0.300 e. The van der Waals surface area contributed by atoms with Gasteiger partial charge in [0.15, 0.2) is 0 Å². The minimum Gasteiger partial charge on any atom is -0.481 e. The zero-order chi connectivity index (χ0) is 11.8. The zero-order valence-electron chi connectivity index (χ0n) is 8.70. The van der Waals surface area contributed by atoms with Crippen LogP contribution in [-0.4, -0.2) is 40.8 Å². The largest absolute Gasteiger partial charge is 0.481 e. The average Bonchev–Trinajstić information content (AvgIpc) is 1.81. The van der Waals surface area contributed by atoms with Gasteiger partial charge >= 0.3 is 0 Å². The van der Waals surface area contributed by atoms with Crippen LogP contribution in [0.25, 0.3) is 0 Å². The Morgan fingerprint density at radius 1 is 1.21 bits per heavy atom. The molecule has 0 amide bonds. The maximum absolute atomic E-state index is 9.00. The van der Waals surface area contributed by atoms with Crippen molar-refractivity contribution >= 4 is 11.9 Å². The van der Waals surface area contributed by atoms with Crippen LogP contribution in [0.3, 0.4) is 0 Å². The van der Waals surface area contributed by atoms with E-state index in [-0.39, 0.29) is 5.54 Å². The van der Waals surface area contributed by atoms with Gasteiger partial charge in [-0.3, -0.25) is 9.59 Å². The minimum atomic E-state index is -0.833. The summed E-state index contributed by atoms with van der Waals surface area (Å²) < 4.78 is 0. The van der Waals surface area contributed by atoms with E-state index in [4.69, 9.17) is 25.5 Å². The molecule has 0 aromatic heterocycles. The van der Waals surface area contributed by atoms with E-state index < -0.39 is 11.9 Å². The first kappa shape index (κ1) is 15.3. The molecule has 0 spiro atoms. The number of nitrogens with two attached hydrogens (primary N) is 1. The average molecular weight is 206 g/mol. The number of hydrogen-bond donors (Lipinski definition) is 4. The van der Waals surface area contributed by atoms with Gasteiger partial charge in [-0.2, -0.15) is 0 Å². The first-order chi connectivity index (χ1) is 6.17. The van der Waals surface area contributed by atoms with Crippen LogP contribution in [0.5, 0.6) is 0 Å². The molecule has 0 atom stereocenters. The Hall–Kier alpha value is -1.14. The predicted molar refractivity (Wildman–Crippen MR) is 52.1 cm³/mol. The van der Waals surface area contributed by atoms with Gasteiger partial charge in [0, 0.05) is 32.5 Å². The normalized spacial score (nSPS) is 16.0. The van der Waals surface area contributed by atoms with Crippen LogP contribution >= 0.6 is 0 Å². The summed E-state index contributed by atoms with van der Waals surface area (Å²) >= 11 is 0. The molecule has 1 saturated heterocycles. The molecule has 1 aliphatic heterocycles. The van der Waals surface area contributed by atoms with Gasteiger partial charge in [-0.05, 0) is 6.92 Å². The first-order valence-electron chi connectivity index (χ1n) is 4.06. The molecule has 6 nitrogen and oxygen atoms in total. The van der Waals surface area contributed by atoms with Crippen molar-refractivity contribution in [3.8, 4) is 0 Å². The highest BCUT2D eigenvalue weighted by Gasteiger charge is 2.25. The van der Waals surface area contributed by atoms with Gasteiger partial charge in [-0.25, -0.2) is 0 Å². The minimum absolute atomic E-state index is 0.111. The monoisotopic (exact) mass is 206 g/mol. The Morgan fingerprint density at radius 3 is 1.36 bits per heavy atom. The Kier molecular flexibility index (Phi) is 7.98. The summed E-state index contributed by atoms with van der Waals surface area (Å²) in [6, 6.07) is 0. The number of carbonyl (C=O) groups is 2. The number of carboxylic acids is 2. The molecule has 1 rings (SSSR count). The fraction of sp³-hybridized carbons (Fsp3) is 0.750. The second kappa shape index (κ2) is 7.28. The van der Waals surface area contributed by atoms with E-state index in [1.54, 1.807) is 0 Å². The fourth-order valence-corrected chi connectivity index (χ4v) is 0.519. The molecule has 0 bridgehead atoms. The molecule has 0 aromatic rings. The third-order valence-electron chi connectivity index (χ3n) is 1.06. The quantitative estimate of drug-likeness (QED) is 0.424. The van der Waals surface area contributed by atoms with E-state index in [1.165, 1.54) is 0 Å². The highest BCUT2D eigenvalue weighted by molar-refractivity contribution is 5.63. The predicted octanol–water partition coefficient (Wildman–Crippen LogP) is -0.511. The summed E-state index contributed by atoms with van der Waals surface area (Å²) in [4.78, 5) is 18.0. The second-order valence-electron chi connectivity index (χ2n) is 3.30. The fourth-order valence-electron chi connectivity index (χ4n) is 0.519. The van der Waals surface area contributed by atoms with Crippen LogP contribution in [0.2, 0.25) is 0 Å². The van der Waals surface area contributed by atoms with Gasteiger partial charge < -0.3 is 21.3 Å². The maximum atomic E-state index is 9.00. The van der Waals surface area contributed by atoms with Gasteiger partial charge in [0.1, 0.15) is 0 Å². The molecular formula is C8H18N2O4. The molecule has 1 heterocycles. The van der Waals surface area contributed by atoms with Gasteiger partial charge in [-0.15, -0.1) is 0 Å². The molecule has 0 saturated carbocycles. The van der Waals surface area contributed by atoms with Crippen molar-refractivity contribution in [1.82, 2.24) is 5.32 Å². The second-order valence-corrected chi connectivity index (χ2v) is 3.30. The Morgan fingerprint density at radius 2 is 1.36 bits per heavy atom. The number of nitrogens with one attached hydrogen (secondary N) is 1. The summed E-state index contributed by atoms with van der Waals surface area (Å²) in [7, 11) is 0. The van der Waals surface area contributed by atoms with Crippen molar-refractivity contribution in [3.63, 3.8) is 0 Å². The van der Waals surface area contributed by atoms with Crippen LogP contribution in [0.15, 0.2) is 0 Å². The lowest BCUT2D eigenvalue weighted by Gasteiger charge is -2.34. The van der Waals surface area contributed by atoms with E-state index >= 15 is 0 Å². The van der Waals surface area contributed by atoms with E-state index in [9.17, 15) is 0 Å². The molecule has 1 aliphatic rings. The lowest BCUT2D eigenvalue weighted by molar-refractivity contribution is -0.135. The summed E-state index contributed by atoms with van der Waals surface area (Å²) in [5.74, 6) is -1.67. The van der Waals surface area contributed by atoms with E-state index in [0.717, 1.165) is 26.9 Å². The van der Waals surface area contributed by atoms with Gasteiger partial charge in [0.2, 0.25) is 0 Å². The van der Waals surface area contributed by atoms with E-state index in [0.29, 0.717) is 0 Å². The third kappa shape index (κ3) is 22.4. The van der Waals surface area contributed by atoms with Crippen molar-refractivity contribution in [3.05, 3.63) is 0 Å². The van der Waals surface area contributed by atoms with Crippen molar-refractivity contribution in [2.24, 2.45) is 5.73 Å². The number of carboxylic acid groups (broad SMARTS) is 2. The van der Waals surface area contributed by atoms with Crippen LogP contribution in [0, 0.1) is 0 Å². The number of aliphatic carboxylic acids is 2. The summed E-state index contributed by atoms with van der Waals surface area (Å²) in [5.41, 5.74) is 5.67. The molecule has 0 radical (unpaired) electrons. The maximum Gasteiger partial charge on any atom is 0.300 e. The Balaban J connectivity index is 0. The number of rotatable bonds is 0. The van der Waals surface area contributed by atoms with Crippen LogP contribution in [0.4, 0.5) is 0 Å². The summed E-state index contributed by atoms with van der Waals surface area (Å²) in [6.45, 7) is 6.17. The first-order valence-corrected chi connectivity index (χ1v) is 4.06. The standard InChI is InChI=1S/C4H10N2.2C2H4O2/c1-4(5)2-6-3-4;2*1-2(3)4/h6H,2-3,5H2,1H3;2*1H3,(H,3,4). The van der Waals surface area contributed by atoms with Gasteiger partial charge in [0.05, 0.1) is 0 Å². The Labute approximate surface area is 83.1 Å². The van der Waals surface area contributed by atoms with Gasteiger partial charge in [0.25, 0.3) is 11.9 Å². The van der Waals surface area contributed by atoms with E-state index in [1.807, 2.05) is 6.92 Å². The Bertz CT molecular complexity index is 166. The SMILES string of the molecule is CC(=O)O.CC(=O)O.CC1(N)CNC1. The zero-order valence-corrected chi connectivity index (χ0v) is 8.70. The lowest BCUT2D eigenvalue weighted by atomic mass is 9.98. The van der Waals surface area contributed by atoms with Crippen LogP contribution < -0.4 is 11.1 Å². The van der Waals surface area contributed by atoms with Crippen LogP contribution in [0.1, 0.15) is 20.8 Å². The molecule has 0 unspecified atom stereocenters. The number of hydrogen-bond acceptors (Lipinski definition) is 4. The third-order valence-corrected chi connectivity index (χ3v) is 1.06.